The molecule has 1 amide bonds. The summed E-state index contributed by atoms with van der Waals surface area (Å²) in [6, 6.07) is 8.93. The third kappa shape index (κ3) is 3.33. The van der Waals surface area contributed by atoms with E-state index in [2.05, 4.69) is 5.32 Å². The number of carbonyl (C=O) groups excluding carboxylic acids is 1. The van der Waals surface area contributed by atoms with Gasteiger partial charge in [-0.05, 0) is 49.6 Å². The van der Waals surface area contributed by atoms with Crippen LogP contribution in [0.15, 0.2) is 24.3 Å². The Labute approximate surface area is 113 Å². The van der Waals surface area contributed by atoms with Crippen molar-refractivity contribution >= 4 is 5.91 Å². The zero-order valence-corrected chi connectivity index (χ0v) is 10.9. The first kappa shape index (κ1) is 13.6. The number of nitrogens with one attached hydrogen (secondary N) is 1. The highest BCUT2D eigenvalue weighted by Gasteiger charge is 2.25. The van der Waals surface area contributed by atoms with E-state index in [1.54, 1.807) is 24.3 Å². The van der Waals surface area contributed by atoms with Gasteiger partial charge in [0.2, 0.25) is 0 Å². The van der Waals surface area contributed by atoms with Crippen LogP contribution in [0.3, 0.4) is 0 Å². The van der Waals surface area contributed by atoms with E-state index in [9.17, 15) is 4.79 Å². The number of hydrogen-bond donors (Lipinski definition) is 2. The molecule has 0 heterocycles. The monoisotopic (exact) mass is 257 g/mol. The summed E-state index contributed by atoms with van der Waals surface area (Å²) in [5.74, 6) is 0.311. The van der Waals surface area contributed by atoms with Crippen molar-refractivity contribution in [3.8, 4) is 6.07 Å². The molecule has 1 saturated carbocycles. The predicted octanol–water partition coefficient (Wildman–Crippen LogP) is 1.81. The normalized spacial score (nSPS) is 22.5. The minimum absolute atomic E-state index is 0.0742. The molecule has 0 aliphatic heterocycles. The first-order valence-electron chi connectivity index (χ1n) is 6.75. The van der Waals surface area contributed by atoms with E-state index < -0.39 is 0 Å². The quantitative estimate of drug-likeness (QED) is 0.866. The van der Waals surface area contributed by atoms with Crippen molar-refractivity contribution in [3.05, 3.63) is 35.4 Å². The molecule has 1 aromatic rings. The molecular weight excluding hydrogens is 238 g/mol. The third-order valence-corrected chi connectivity index (χ3v) is 3.80. The number of nitrogens with zero attached hydrogens (tertiary/aromatic N) is 1. The number of rotatable bonds is 3. The smallest absolute Gasteiger partial charge is 0.251 e. The molecule has 100 valence electrons. The van der Waals surface area contributed by atoms with Gasteiger partial charge in [0, 0.05) is 11.6 Å². The Hall–Kier alpha value is -1.86. The lowest BCUT2D eigenvalue weighted by atomic mass is 9.84. The number of nitrogens with two attached hydrogens (primary N) is 1. The molecule has 0 saturated heterocycles. The third-order valence-electron chi connectivity index (χ3n) is 3.80. The molecule has 0 radical (unpaired) electrons. The van der Waals surface area contributed by atoms with Crippen molar-refractivity contribution in [2.45, 2.75) is 31.7 Å². The van der Waals surface area contributed by atoms with Crippen molar-refractivity contribution in [2.24, 2.45) is 11.7 Å². The van der Waals surface area contributed by atoms with Gasteiger partial charge in [0.1, 0.15) is 0 Å². The van der Waals surface area contributed by atoms with Gasteiger partial charge in [-0.3, -0.25) is 4.79 Å². The molecule has 19 heavy (non-hydrogen) atoms. The fraction of sp³-hybridized carbons (Fsp3) is 0.467. The van der Waals surface area contributed by atoms with Crippen LogP contribution < -0.4 is 11.1 Å². The van der Waals surface area contributed by atoms with E-state index in [0.29, 0.717) is 23.6 Å². The minimum atomic E-state index is -0.0742. The molecule has 2 atom stereocenters. The van der Waals surface area contributed by atoms with Gasteiger partial charge in [0.05, 0.1) is 11.6 Å². The molecule has 0 spiro atoms. The Kier molecular flexibility index (Phi) is 4.53. The van der Waals surface area contributed by atoms with Crippen LogP contribution in [0.4, 0.5) is 0 Å². The maximum Gasteiger partial charge on any atom is 0.251 e. The van der Waals surface area contributed by atoms with E-state index >= 15 is 0 Å². The summed E-state index contributed by atoms with van der Waals surface area (Å²) >= 11 is 0. The first-order valence-corrected chi connectivity index (χ1v) is 6.75. The largest absolute Gasteiger partial charge is 0.349 e. The Balaban J connectivity index is 2.01. The first-order chi connectivity index (χ1) is 9.24. The summed E-state index contributed by atoms with van der Waals surface area (Å²) < 4.78 is 0. The van der Waals surface area contributed by atoms with Crippen molar-refractivity contribution in [3.63, 3.8) is 0 Å². The van der Waals surface area contributed by atoms with Gasteiger partial charge < -0.3 is 11.1 Å². The second-order valence-corrected chi connectivity index (χ2v) is 5.05. The van der Waals surface area contributed by atoms with Crippen LogP contribution in [0.5, 0.6) is 0 Å². The summed E-state index contributed by atoms with van der Waals surface area (Å²) in [5.41, 5.74) is 6.92. The van der Waals surface area contributed by atoms with Crippen LogP contribution in [0.2, 0.25) is 0 Å². The molecule has 4 heteroatoms. The van der Waals surface area contributed by atoms with Crippen LogP contribution in [0.25, 0.3) is 0 Å². The predicted molar refractivity (Wildman–Crippen MR) is 73.4 cm³/mol. The van der Waals surface area contributed by atoms with Crippen LogP contribution in [0.1, 0.15) is 41.6 Å². The van der Waals surface area contributed by atoms with Crippen molar-refractivity contribution < 1.29 is 4.79 Å². The summed E-state index contributed by atoms with van der Waals surface area (Å²) in [6.45, 7) is 0.623. The van der Waals surface area contributed by atoms with Crippen LogP contribution in [0, 0.1) is 17.2 Å². The summed E-state index contributed by atoms with van der Waals surface area (Å²) in [6.07, 6.45) is 4.44. The maximum absolute atomic E-state index is 12.1. The van der Waals surface area contributed by atoms with Crippen molar-refractivity contribution in [1.29, 1.82) is 5.26 Å². The molecule has 3 N–H and O–H groups in total. The maximum atomic E-state index is 12.1. The topological polar surface area (TPSA) is 78.9 Å². The second kappa shape index (κ2) is 6.35. The van der Waals surface area contributed by atoms with E-state index in [1.807, 2.05) is 6.07 Å². The Bertz CT molecular complexity index is 475. The lowest BCUT2D eigenvalue weighted by Crippen LogP contribution is -2.44. The number of amides is 1. The SMILES string of the molecule is N#Cc1ccc(C(=O)NC2CCCCC2CN)cc1. The number of hydrogen-bond acceptors (Lipinski definition) is 3. The Morgan fingerprint density at radius 2 is 2.00 bits per heavy atom. The van der Waals surface area contributed by atoms with Crippen molar-refractivity contribution in [2.75, 3.05) is 6.54 Å². The zero-order chi connectivity index (χ0) is 13.7. The molecule has 2 unspecified atom stereocenters. The summed E-state index contributed by atoms with van der Waals surface area (Å²) in [4.78, 5) is 12.1. The average molecular weight is 257 g/mol. The van der Waals surface area contributed by atoms with Gasteiger partial charge in [-0.2, -0.15) is 5.26 Å². The molecule has 1 aliphatic rings. The van der Waals surface area contributed by atoms with Gasteiger partial charge >= 0.3 is 0 Å². The summed E-state index contributed by atoms with van der Waals surface area (Å²) in [5, 5.41) is 11.8. The molecule has 0 bridgehead atoms. The summed E-state index contributed by atoms with van der Waals surface area (Å²) in [7, 11) is 0. The van der Waals surface area contributed by atoms with Gasteiger partial charge in [0.15, 0.2) is 0 Å². The van der Waals surface area contributed by atoms with Gasteiger partial charge in [-0.1, -0.05) is 12.8 Å². The highest BCUT2D eigenvalue weighted by Crippen LogP contribution is 2.23. The van der Waals surface area contributed by atoms with Crippen LogP contribution in [-0.2, 0) is 0 Å². The van der Waals surface area contributed by atoms with E-state index in [0.717, 1.165) is 19.3 Å². The number of carbonyl (C=O) groups is 1. The van der Waals surface area contributed by atoms with Gasteiger partial charge in [0.25, 0.3) is 5.91 Å². The standard InChI is InChI=1S/C15H19N3O/c16-9-11-5-7-12(8-6-11)15(19)18-14-4-2-1-3-13(14)10-17/h5-8,13-14H,1-4,10,17H2,(H,18,19). The zero-order valence-electron chi connectivity index (χ0n) is 10.9. The number of benzene rings is 1. The lowest BCUT2D eigenvalue weighted by molar-refractivity contribution is 0.0908. The fourth-order valence-electron chi connectivity index (χ4n) is 2.63. The lowest BCUT2D eigenvalue weighted by Gasteiger charge is -2.31. The van der Waals surface area contributed by atoms with E-state index in [1.165, 1.54) is 6.42 Å². The average Bonchev–Trinajstić information content (AvgIpc) is 2.48. The molecular formula is C15H19N3O. The number of nitriles is 1. The molecule has 1 aromatic carbocycles. The molecule has 1 aliphatic carbocycles. The van der Waals surface area contributed by atoms with Crippen LogP contribution >= 0.6 is 0 Å². The Morgan fingerprint density at radius 3 is 2.63 bits per heavy atom. The molecule has 2 rings (SSSR count). The molecule has 0 aromatic heterocycles. The second-order valence-electron chi connectivity index (χ2n) is 5.05. The highest BCUT2D eigenvalue weighted by molar-refractivity contribution is 5.94. The Morgan fingerprint density at radius 1 is 1.32 bits per heavy atom. The van der Waals surface area contributed by atoms with Crippen LogP contribution in [-0.4, -0.2) is 18.5 Å². The van der Waals surface area contributed by atoms with Gasteiger partial charge in [-0.15, -0.1) is 0 Å². The minimum Gasteiger partial charge on any atom is -0.349 e. The van der Waals surface area contributed by atoms with Gasteiger partial charge in [-0.25, -0.2) is 0 Å². The van der Waals surface area contributed by atoms with E-state index in [4.69, 9.17) is 11.0 Å². The fourth-order valence-corrected chi connectivity index (χ4v) is 2.63. The highest BCUT2D eigenvalue weighted by atomic mass is 16.1. The molecule has 4 nitrogen and oxygen atoms in total. The van der Waals surface area contributed by atoms with Crippen molar-refractivity contribution in [1.82, 2.24) is 5.32 Å². The van der Waals surface area contributed by atoms with E-state index in [-0.39, 0.29) is 11.9 Å². The molecule has 1 fully saturated rings.